The van der Waals surface area contributed by atoms with Crippen LogP contribution in [0.5, 0.6) is 0 Å². The molecule has 2 N–H and O–H groups in total. The van der Waals surface area contributed by atoms with Crippen LogP contribution in [0.2, 0.25) is 0 Å². The molecule has 0 spiro atoms. The summed E-state index contributed by atoms with van der Waals surface area (Å²) in [5.41, 5.74) is 0.666. The number of hydrogen-bond acceptors (Lipinski definition) is 4. The quantitative estimate of drug-likeness (QED) is 0.885. The van der Waals surface area contributed by atoms with Gasteiger partial charge in [-0.3, -0.25) is 9.59 Å². The molecule has 0 aliphatic carbocycles. The van der Waals surface area contributed by atoms with Crippen LogP contribution in [0.4, 0.5) is 0 Å². The summed E-state index contributed by atoms with van der Waals surface area (Å²) in [5.74, 6) is -0.302. The molecule has 2 rings (SSSR count). The molecule has 23 heavy (non-hydrogen) atoms. The summed E-state index contributed by atoms with van der Waals surface area (Å²) in [6, 6.07) is 9.07. The Bertz CT molecular complexity index is 712. The standard InChI is InChI=1S/C17H21N3O2S/c1-5-17(3,20-14(21)12-9-7-6-8-10-12)16-19-11(2)13(23-16)15(22)18-4/h6-10H,5H2,1-4H3,(H,18,22)(H,20,21)/t17-/m1/s1. The lowest BCUT2D eigenvalue weighted by Gasteiger charge is -2.27. The maximum atomic E-state index is 12.5. The predicted octanol–water partition coefficient (Wildman–Crippen LogP) is 2.87. The number of benzene rings is 1. The fourth-order valence-electron chi connectivity index (χ4n) is 2.16. The zero-order valence-corrected chi connectivity index (χ0v) is 14.6. The summed E-state index contributed by atoms with van der Waals surface area (Å²) < 4.78 is 0. The second-order valence-corrected chi connectivity index (χ2v) is 6.52. The molecule has 0 saturated heterocycles. The lowest BCUT2D eigenvalue weighted by atomic mass is 9.99. The lowest BCUT2D eigenvalue weighted by Crippen LogP contribution is -2.43. The lowest BCUT2D eigenvalue weighted by molar-refractivity contribution is 0.0900. The van der Waals surface area contributed by atoms with Crippen LogP contribution in [0.15, 0.2) is 30.3 Å². The molecule has 0 radical (unpaired) electrons. The minimum Gasteiger partial charge on any atom is -0.354 e. The van der Waals surface area contributed by atoms with E-state index in [9.17, 15) is 9.59 Å². The number of amides is 2. The van der Waals surface area contributed by atoms with E-state index in [4.69, 9.17) is 0 Å². The van der Waals surface area contributed by atoms with E-state index in [-0.39, 0.29) is 11.8 Å². The Morgan fingerprint density at radius 3 is 2.43 bits per heavy atom. The van der Waals surface area contributed by atoms with Crippen LogP contribution in [0.3, 0.4) is 0 Å². The van der Waals surface area contributed by atoms with Crippen LogP contribution in [0.1, 0.15) is 51.0 Å². The summed E-state index contributed by atoms with van der Waals surface area (Å²) in [6.07, 6.45) is 0.672. The number of carbonyl (C=O) groups excluding carboxylic acids is 2. The fourth-order valence-corrected chi connectivity index (χ4v) is 3.35. The van der Waals surface area contributed by atoms with Gasteiger partial charge in [-0.25, -0.2) is 4.98 Å². The topological polar surface area (TPSA) is 71.1 Å². The van der Waals surface area contributed by atoms with Gasteiger partial charge in [-0.05, 0) is 32.4 Å². The first-order valence-corrected chi connectivity index (χ1v) is 8.30. The average Bonchev–Trinajstić information content (AvgIpc) is 2.97. The zero-order chi connectivity index (χ0) is 17.0. The molecule has 0 bridgehead atoms. The maximum Gasteiger partial charge on any atom is 0.263 e. The van der Waals surface area contributed by atoms with E-state index in [0.29, 0.717) is 22.6 Å². The van der Waals surface area contributed by atoms with Gasteiger partial charge in [0.2, 0.25) is 0 Å². The van der Waals surface area contributed by atoms with E-state index in [1.54, 1.807) is 26.1 Å². The Morgan fingerprint density at radius 2 is 1.87 bits per heavy atom. The van der Waals surface area contributed by atoms with Crippen LogP contribution in [0.25, 0.3) is 0 Å². The summed E-state index contributed by atoms with van der Waals surface area (Å²) >= 11 is 1.32. The van der Waals surface area contributed by atoms with Crippen LogP contribution in [-0.2, 0) is 5.54 Å². The molecule has 0 aliphatic rings. The molecular weight excluding hydrogens is 310 g/mol. The van der Waals surface area contributed by atoms with E-state index in [1.807, 2.05) is 32.0 Å². The minimum absolute atomic E-state index is 0.149. The Kier molecular flexibility index (Phi) is 5.15. The first kappa shape index (κ1) is 17.1. The maximum absolute atomic E-state index is 12.5. The first-order valence-electron chi connectivity index (χ1n) is 7.49. The third-order valence-electron chi connectivity index (χ3n) is 3.83. The van der Waals surface area contributed by atoms with E-state index in [0.717, 1.165) is 5.01 Å². The van der Waals surface area contributed by atoms with Gasteiger partial charge in [0.1, 0.15) is 9.88 Å². The monoisotopic (exact) mass is 331 g/mol. The van der Waals surface area contributed by atoms with Crippen LogP contribution in [0, 0.1) is 6.92 Å². The van der Waals surface area contributed by atoms with Crippen molar-refractivity contribution in [2.24, 2.45) is 0 Å². The largest absolute Gasteiger partial charge is 0.354 e. The van der Waals surface area contributed by atoms with Gasteiger partial charge in [-0.2, -0.15) is 0 Å². The zero-order valence-electron chi connectivity index (χ0n) is 13.8. The highest BCUT2D eigenvalue weighted by atomic mass is 32.1. The Hall–Kier alpha value is -2.21. The van der Waals surface area contributed by atoms with Gasteiger partial charge in [0, 0.05) is 12.6 Å². The molecule has 1 heterocycles. The third-order valence-corrected chi connectivity index (χ3v) is 5.25. The van der Waals surface area contributed by atoms with Crippen molar-refractivity contribution in [3.05, 3.63) is 51.5 Å². The minimum atomic E-state index is -0.616. The Morgan fingerprint density at radius 1 is 1.22 bits per heavy atom. The molecule has 0 unspecified atom stereocenters. The fraction of sp³-hybridized carbons (Fsp3) is 0.353. The Labute approximate surface area is 140 Å². The molecule has 1 aromatic carbocycles. The summed E-state index contributed by atoms with van der Waals surface area (Å²) in [5, 5.41) is 6.40. The highest BCUT2D eigenvalue weighted by Gasteiger charge is 2.32. The number of aromatic nitrogens is 1. The molecule has 0 fully saturated rings. The SMILES string of the molecule is CC[C@@](C)(NC(=O)c1ccccc1)c1nc(C)c(C(=O)NC)s1. The number of hydrogen-bond donors (Lipinski definition) is 2. The van der Waals surface area contributed by atoms with Crippen molar-refractivity contribution in [3.63, 3.8) is 0 Å². The highest BCUT2D eigenvalue weighted by molar-refractivity contribution is 7.14. The van der Waals surface area contributed by atoms with Crippen LogP contribution in [-0.4, -0.2) is 23.8 Å². The van der Waals surface area contributed by atoms with Crippen LogP contribution >= 0.6 is 11.3 Å². The molecule has 0 aliphatic heterocycles. The number of aryl methyl sites for hydroxylation is 1. The van der Waals surface area contributed by atoms with Crippen molar-refractivity contribution in [1.82, 2.24) is 15.6 Å². The second kappa shape index (κ2) is 6.91. The smallest absolute Gasteiger partial charge is 0.263 e. The predicted molar refractivity (Wildman–Crippen MR) is 91.8 cm³/mol. The molecular formula is C17H21N3O2S. The number of carbonyl (C=O) groups is 2. The van der Waals surface area contributed by atoms with Crippen molar-refractivity contribution in [1.29, 1.82) is 0 Å². The van der Waals surface area contributed by atoms with Crippen molar-refractivity contribution in [2.45, 2.75) is 32.7 Å². The average molecular weight is 331 g/mol. The summed E-state index contributed by atoms with van der Waals surface area (Å²) in [7, 11) is 1.59. The van der Waals surface area contributed by atoms with Crippen molar-refractivity contribution in [3.8, 4) is 0 Å². The second-order valence-electron chi connectivity index (χ2n) is 5.52. The number of thiazole rings is 1. The summed E-state index contributed by atoms with van der Waals surface area (Å²) in [4.78, 5) is 29.4. The van der Waals surface area contributed by atoms with Gasteiger partial charge in [-0.1, -0.05) is 25.1 Å². The Balaban J connectivity index is 2.30. The van der Waals surface area contributed by atoms with Gasteiger partial charge in [0.05, 0.1) is 11.2 Å². The molecule has 1 aromatic heterocycles. The van der Waals surface area contributed by atoms with E-state index in [1.165, 1.54) is 11.3 Å². The van der Waals surface area contributed by atoms with Crippen molar-refractivity contribution in [2.75, 3.05) is 7.05 Å². The van der Waals surface area contributed by atoms with Gasteiger partial charge in [0.15, 0.2) is 0 Å². The molecule has 2 amide bonds. The molecule has 122 valence electrons. The molecule has 2 aromatic rings. The van der Waals surface area contributed by atoms with Gasteiger partial charge >= 0.3 is 0 Å². The third kappa shape index (κ3) is 3.59. The highest BCUT2D eigenvalue weighted by Crippen LogP contribution is 2.31. The van der Waals surface area contributed by atoms with Crippen LogP contribution < -0.4 is 10.6 Å². The molecule has 5 nitrogen and oxygen atoms in total. The normalized spacial score (nSPS) is 13.2. The van der Waals surface area contributed by atoms with E-state index < -0.39 is 5.54 Å². The number of nitrogens with zero attached hydrogens (tertiary/aromatic N) is 1. The number of rotatable bonds is 5. The molecule has 6 heteroatoms. The van der Waals surface area contributed by atoms with Gasteiger partial charge in [-0.15, -0.1) is 11.3 Å². The summed E-state index contributed by atoms with van der Waals surface area (Å²) in [6.45, 7) is 5.72. The van der Waals surface area contributed by atoms with Crippen molar-refractivity contribution >= 4 is 23.2 Å². The molecule has 1 atom stereocenters. The number of nitrogens with one attached hydrogen (secondary N) is 2. The van der Waals surface area contributed by atoms with Gasteiger partial charge in [0.25, 0.3) is 11.8 Å². The van der Waals surface area contributed by atoms with Crippen molar-refractivity contribution < 1.29 is 9.59 Å². The first-order chi connectivity index (χ1) is 10.9. The van der Waals surface area contributed by atoms with E-state index >= 15 is 0 Å². The van der Waals surface area contributed by atoms with E-state index in [2.05, 4.69) is 15.6 Å². The molecule has 0 saturated carbocycles. The van der Waals surface area contributed by atoms with Gasteiger partial charge < -0.3 is 10.6 Å².